The van der Waals surface area contributed by atoms with E-state index in [1.165, 1.54) is 12.1 Å². The summed E-state index contributed by atoms with van der Waals surface area (Å²) in [4.78, 5) is 24.1. The van der Waals surface area contributed by atoms with Gasteiger partial charge in [0.25, 0.3) is 5.91 Å². The molecular formula is C18H25ClN2O5S. The predicted molar refractivity (Wildman–Crippen MR) is 104 cm³/mol. The molecule has 7 nitrogen and oxygen atoms in total. The van der Waals surface area contributed by atoms with Gasteiger partial charge in [0, 0.05) is 11.1 Å². The monoisotopic (exact) mass is 416 g/mol. The highest BCUT2D eigenvalue weighted by atomic mass is 35.5. The van der Waals surface area contributed by atoms with Crippen LogP contribution in [0.2, 0.25) is 5.02 Å². The Balaban J connectivity index is 1.91. The highest BCUT2D eigenvalue weighted by Gasteiger charge is 2.25. The molecule has 1 aromatic carbocycles. The molecule has 0 unspecified atom stereocenters. The molecule has 0 aromatic heterocycles. The molecule has 2 rings (SSSR count). The number of amides is 1. The van der Waals surface area contributed by atoms with Crippen LogP contribution in [0, 0.1) is 5.92 Å². The van der Waals surface area contributed by atoms with E-state index >= 15 is 0 Å². The third-order valence-electron chi connectivity index (χ3n) is 4.59. The maximum Gasteiger partial charge on any atom is 0.327 e. The van der Waals surface area contributed by atoms with Crippen LogP contribution in [-0.4, -0.2) is 45.7 Å². The normalized spacial score (nSPS) is 20.0. The minimum atomic E-state index is -3.73. The molecular weight excluding hydrogens is 392 g/mol. The van der Waals surface area contributed by atoms with Gasteiger partial charge in [0.15, 0.2) is 6.61 Å². The molecule has 1 aromatic rings. The van der Waals surface area contributed by atoms with Gasteiger partial charge in [-0.3, -0.25) is 13.9 Å². The summed E-state index contributed by atoms with van der Waals surface area (Å²) in [6.45, 7) is 1.12. The number of hydrogen-bond donors (Lipinski definition) is 1. The predicted octanol–water partition coefficient (Wildman–Crippen LogP) is 2.34. The van der Waals surface area contributed by atoms with Crippen molar-refractivity contribution in [2.45, 2.75) is 38.6 Å². The number of hydrogen-bond acceptors (Lipinski definition) is 5. The first-order valence-corrected chi connectivity index (χ1v) is 11.1. The Labute approximate surface area is 165 Å². The van der Waals surface area contributed by atoms with Crippen molar-refractivity contribution in [3.8, 4) is 0 Å². The fourth-order valence-corrected chi connectivity index (χ4v) is 4.14. The minimum absolute atomic E-state index is 0.0870. The molecule has 9 heteroatoms. The van der Waals surface area contributed by atoms with Crippen molar-refractivity contribution >= 4 is 39.2 Å². The van der Waals surface area contributed by atoms with Crippen LogP contribution >= 0.6 is 11.6 Å². The van der Waals surface area contributed by atoms with E-state index in [9.17, 15) is 18.0 Å². The third kappa shape index (κ3) is 6.70. The number of esters is 1. The van der Waals surface area contributed by atoms with Gasteiger partial charge in [-0.25, -0.2) is 8.42 Å². The van der Waals surface area contributed by atoms with Gasteiger partial charge in [-0.2, -0.15) is 0 Å². The molecule has 0 heterocycles. The van der Waals surface area contributed by atoms with E-state index in [1.54, 1.807) is 12.1 Å². The number of rotatable bonds is 7. The van der Waals surface area contributed by atoms with E-state index in [4.69, 9.17) is 16.3 Å². The van der Waals surface area contributed by atoms with Crippen LogP contribution < -0.4 is 9.62 Å². The van der Waals surface area contributed by atoms with E-state index in [0.717, 1.165) is 36.2 Å². The van der Waals surface area contributed by atoms with Gasteiger partial charge in [-0.05, 0) is 37.0 Å². The highest BCUT2D eigenvalue weighted by Crippen LogP contribution is 2.24. The van der Waals surface area contributed by atoms with Crippen molar-refractivity contribution in [2.75, 3.05) is 23.7 Å². The van der Waals surface area contributed by atoms with Gasteiger partial charge in [-0.1, -0.05) is 37.4 Å². The first-order chi connectivity index (χ1) is 12.7. The van der Waals surface area contributed by atoms with E-state index in [2.05, 4.69) is 12.2 Å². The molecule has 1 aliphatic rings. The number of carbonyl (C=O) groups is 2. The minimum Gasteiger partial charge on any atom is -0.454 e. The van der Waals surface area contributed by atoms with E-state index in [1.807, 2.05) is 0 Å². The van der Waals surface area contributed by atoms with Crippen molar-refractivity contribution in [2.24, 2.45) is 5.92 Å². The van der Waals surface area contributed by atoms with Gasteiger partial charge >= 0.3 is 5.97 Å². The average Bonchev–Trinajstić information content (AvgIpc) is 2.59. The Kier molecular flexibility index (Phi) is 7.49. The summed E-state index contributed by atoms with van der Waals surface area (Å²) in [5.41, 5.74) is 0.252. The maximum atomic E-state index is 12.1. The van der Waals surface area contributed by atoms with Gasteiger partial charge in [0.1, 0.15) is 6.54 Å². The largest absolute Gasteiger partial charge is 0.454 e. The number of nitrogens with one attached hydrogen (secondary N) is 1. The number of benzene rings is 1. The summed E-state index contributed by atoms with van der Waals surface area (Å²) in [7, 11) is -3.73. The fraction of sp³-hybridized carbons (Fsp3) is 0.556. The van der Waals surface area contributed by atoms with Crippen LogP contribution in [0.5, 0.6) is 0 Å². The van der Waals surface area contributed by atoms with E-state index in [0.29, 0.717) is 10.9 Å². The molecule has 1 amide bonds. The molecule has 0 saturated heterocycles. The van der Waals surface area contributed by atoms with Crippen molar-refractivity contribution in [1.82, 2.24) is 5.32 Å². The summed E-state index contributed by atoms with van der Waals surface area (Å²) >= 11 is 5.89. The second-order valence-electron chi connectivity index (χ2n) is 6.85. The lowest BCUT2D eigenvalue weighted by atomic mass is 9.86. The first-order valence-electron chi connectivity index (χ1n) is 8.85. The number of ether oxygens (including phenoxy) is 1. The Hall–Kier alpha value is -1.80. The molecule has 0 spiro atoms. The molecule has 1 saturated carbocycles. The standard InChI is InChI=1S/C18H25ClN2O5S/c1-13-6-3-4-9-16(13)20-17(22)12-26-18(23)11-21(27(2,24)25)15-8-5-7-14(19)10-15/h5,7-8,10,13,16H,3-4,6,9,11-12H2,1-2H3,(H,20,22)/t13-,16+/m0/s1. The van der Waals surface area contributed by atoms with Crippen LogP contribution in [0.25, 0.3) is 0 Å². The van der Waals surface area contributed by atoms with Crippen molar-refractivity contribution < 1.29 is 22.7 Å². The second kappa shape index (κ2) is 9.41. The van der Waals surface area contributed by atoms with Crippen LogP contribution in [0.4, 0.5) is 5.69 Å². The molecule has 1 fully saturated rings. The highest BCUT2D eigenvalue weighted by molar-refractivity contribution is 7.92. The van der Waals surface area contributed by atoms with Gasteiger partial charge < -0.3 is 10.1 Å². The van der Waals surface area contributed by atoms with Crippen LogP contribution in [-0.2, 0) is 24.3 Å². The third-order valence-corrected chi connectivity index (χ3v) is 5.97. The van der Waals surface area contributed by atoms with Crippen LogP contribution in [0.1, 0.15) is 32.6 Å². The zero-order valence-corrected chi connectivity index (χ0v) is 17.1. The molecule has 150 valence electrons. The summed E-state index contributed by atoms with van der Waals surface area (Å²) in [6.07, 6.45) is 5.19. The van der Waals surface area contributed by atoms with Crippen molar-refractivity contribution in [1.29, 1.82) is 0 Å². The number of carbonyl (C=O) groups excluding carboxylic acids is 2. The Bertz CT molecular complexity index is 784. The molecule has 1 N–H and O–H groups in total. The van der Waals surface area contributed by atoms with Gasteiger partial charge in [-0.15, -0.1) is 0 Å². The number of sulfonamides is 1. The Morgan fingerprint density at radius 2 is 2.00 bits per heavy atom. The zero-order valence-electron chi connectivity index (χ0n) is 15.5. The number of anilines is 1. The molecule has 2 atom stereocenters. The summed E-state index contributed by atoms with van der Waals surface area (Å²) in [5, 5.41) is 3.22. The quantitative estimate of drug-likeness (QED) is 0.688. The number of nitrogens with zero attached hydrogens (tertiary/aromatic N) is 1. The zero-order chi connectivity index (χ0) is 20.0. The van der Waals surface area contributed by atoms with Crippen LogP contribution in [0.15, 0.2) is 24.3 Å². The molecule has 0 aliphatic heterocycles. The van der Waals surface area contributed by atoms with Gasteiger partial charge in [0.05, 0.1) is 11.9 Å². The average molecular weight is 417 g/mol. The lowest BCUT2D eigenvalue weighted by molar-refractivity contribution is -0.147. The summed E-state index contributed by atoms with van der Waals surface area (Å²) in [5.74, 6) is -0.801. The van der Waals surface area contributed by atoms with Gasteiger partial charge in [0.2, 0.25) is 10.0 Å². The number of halogens is 1. The van der Waals surface area contributed by atoms with Crippen molar-refractivity contribution in [3.05, 3.63) is 29.3 Å². The lowest BCUT2D eigenvalue weighted by Crippen LogP contribution is -2.43. The van der Waals surface area contributed by atoms with Crippen molar-refractivity contribution in [3.63, 3.8) is 0 Å². The Morgan fingerprint density at radius 1 is 1.30 bits per heavy atom. The fourth-order valence-electron chi connectivity index (χ4n) is 3.12. The summed E-state index contributed by atoms with van der Waals surface area (Å²) < 4.78 is 29.9. The SMILES string of the molecule is C[C@H]1CCCC[C@H]1NC(=O)COC(=O)CN(c1cccc(Cl)c1)S(C)(=O)=O. The molecule has 1 aliphatic carbocycles. The Morgan fingerprint density at radius 3 is 2.63 bits per heavy atom. The second-order valence-corrected chi connectivity index (χ2v) is 9.19. The molecule has 0 bridgehead atoms. The smallest absolute Gasteiger partial charge is 0.327 e. The molecule has 27 heavy (non-hydrogen) atoms. The first kappa shape index (κ1) is 21.5. The van der Waals surface area contributed by atoms with Crippen LogP contribution in [0.3, 0.4) is 0 Å². The summed E-state index contributed by atoms with van der Waals surface area (Å²) in [6, 6.07) is 6.23. The topological polar surface area (TPSA) is 92.8 Å². The van der Waals surface area contributed by atoms with E-state index in [-0.39, 0.29) is 17.6 Å². The maximum absolute atomic E-state index is 12.1. The lowest BCUT2D eigenvalue weighted by Gasteiger charge is -2.29. The molecule has 0 radical (unpaired) electrons. The van der Waals surface area contributed by atoms with E-state index < -0.39 is 29.1 Å².